The lowest BCUT2D eigenvalue weighted by atomic mass is 10.2. The Morgan fingerprint density at radius 1 is 0.667 bits per heavy atom. The third-order valence-electron chi connectivity index (χ3n) is 2.85. The van der Waals surface area contributed by atoms with E-state index in [-0.39, 0.29) is 0 Å². The van der Waals surface area contributed by atoms with Gasteiger partial charge in [-0.05, 0) is 39.1 Å². The predicted octanol–water partition coefficient (Wildman–Crippen LogP) is 5.07. The van der Waals surface area contributed by atoms with Crippen molar-refractivity contribution >= 4 is 33.0 Å². The minimum Gasteiger partial charge on any atom is -0.361 e. The standard InChI is InChI=1S/C8H7N.C8H6S/c1-2-4-8-7(3-1)5-6-9-8;1-2-4-8-6-9-5-7(8)3-1/h1-6,9H;1-6H. The zero-order valence-corrected chi connectivity index (χ0v) is 10.7. The molecule has 2 heterocycles. The van der Waals surface area contributed by atoms with Gasteiger partial charge in [-0.2, -0.15) is 11.3 Å². The number of H-pyrrole nitrogens is 1. The highest BCUT2D eigenvalue weighted by molar-refractivity contribution is 7.09. The van der Waals surface area contributed by atoms with Crippen molar-refractivity contribution in [2.45, 2.75) is 0 Å². The van der Waals surface area contributed by atoms with Gasteiger partial charge in [-0.1, -0.05) is 42.5 Å². The van der Waals surface area contributed by atoms with E-state index in [4.69, 9.17) is 0 Å². The molecule has 0 unspecified atom stereocenters. The molecule has 0 aliphatic heterocycles. The number of aromatic amines is 1. The van der Waals surface area contributed by atoms with E-state index in [1.54, 1.807) is 11.3 Å². The van der Waals surface area contributed by atoms with Crippen LogP contribution in [0.25, 0.3) is 21.7 Å². The summed E-state index contributed by atoms with van der Waals surface area (Å²) in [6.07, 6.45) is 1.95. The molecule has 1 nitrogen and oxygen atoms in total. The fourth-order valence-electron chi connectivity index (χ4n) is 1.90. The van der Waals surface area contributed by atoms with Crippen LogP contribution >= 0.6 is 11.3 Å². The summed E-state index contributed by atoms with van der Waals surface area (Å²) in [7, 11) is 0. The molecule has 1 N–H and O–H groups in total. The van der Waals surface area contributed by atoms with Crippen LogP contribution < -0.4 is 0 Å². The first-order valence-corrected chi connectivity index (χ1v) is 6.81. The van der Waals surface area contributed by atoms with Gasteiger partial charge in [-0.3, -0.25) is 0 Å². The number of aromatic nitrogens is 1. The van der Waals surface area contributed by atoms with Gasteiger partial charge in [0.1, 0.15) is 0 Å². The van der Waals surface area contributed by atoms with E-state index < -0.39 is 0 Å². The fourth-order valence-corrected chi connectivity index (χ4v) is 2.69. The predicted molar refractivity (Wildman–Crippen MR) is 80.1 cm³/mol. The van der Waals surface area contributed by atoms with E-state index >= 15 is 0 Å². The molecule has 0 saturated carbocycles. The number of thiophene rings is 1. The zero-order valence-electron chi connectivity index (χ0n) is 9.84. The Balaban J connectivity index is 0.000000111. The van der Waals surface area contributed by atoms with Gasteiger partial charge in [0, 0.05) is 11.7 Å². The van der Waals surface area contributed by atoms with E-state index in [0.717, 1.165) is 0 Å². The quantitative estimate of drug-likeness (QED) is 0.449. The van der Waals surface area contributed by atoms with Crippen molar-refractivity contribution in [3.63, 3.8) is 0 Å². The first kappa shape index (κ1) is 11.1. The number of hydrogen-bond acceptors (Lipinski definition) is 1. The van der Waals surface area contributed by atoms with Crippen molar-refractivity contribution in [1.29, 1.82) is 0 Å². The summed E-state index contributed by atoms with van der Waals surface area (Å²) in [6.45, 7) is 0. The second-order valence-electron chi connectivity index (χ2n) is 4.07. The van der Waals surface area contributed by atoms with Crippen LogP contribution in [0.5, 0.6) is 0 Å². The molecule has 88 valence electrons. The summed E-state index contributed by atoms with van der Waals surface area (Å²) in [5.74, 6) is 0. The molecule has 2 heteroatoms. The largest absolute Gasteiger partial charge is 0.361 e. The van der Waals surface area contributed by atoms with Crippen LogP contribution in [0.3, 0.4) is 0 Å². The van der Waals surface area contributed by atoms with Gasteiger partial charge in [0.15, 0.2) is 0 Å². The third kappa shape index (κ3) is 2.29. The number of benzene rings is 2. The average Bonchev–Trinajstić information content (AvgIpc) is 3.08. The molecular formula is C16H13NS. The lowest BCUT2D eigenvalue weighted by Crippen LogP contribution is -1.61. The summed E-state index contributed by atoms with van der Waals surface area (Å²) in [6, 6.07) is 18.7. The topological polar surface area (TPSA) is 15.8 Å². The van der Waals surface area contributed by atoms with Crippen molar-refractivity contribution < 1.29 is 0 Å². The van der Waals surface area contributed by atoms with Crippen LogP contribution in [0.1, 0.15) is 0 Å². The lowest BCUT2D eigenvalue weighted by molar-refractivity contribution is 1.48. The summed E-state index contributed by atoms with van der Waals surface area (Å²) >= 11 is 1.75. The van der Waals surface area contributed by atoms with Gasteiger partial charge < -0.3 is 4.98 Å². The van der Waals surface area contributed by atoms with Crippen molar-refractivity contribution in [2.24, 2.45) is 0 Å². The molecule has 0 spiro atoms. The highest BCUT2D eigenvalue weighted by atomic mass is 32.1. The number of hydrogen-bond donors (Lipinski definition) is 1. The molecule has 4 aromatic rings. The fraction of sp³-hybridized carbons (Fsp3) is 0. The Morgan fingerprint density at radius 3 is 1.94 bits per heavy atom. The zero-order chi connectivity index (χ0) is 12.2. The third-order valence-corrected chi connectivity index (χ3v) is 3.63. The first-order valence-electron chi connectivity index (χ1n) is 5.86. The van der Waals surface area contributed by atoms with Gasteiger partial charge in [0.05, 0.1) is 0 Å². The normalized spacial score (nSPS) is 10.2. The Bertz CT molecular complexity index is 625. The van der Waals surface area contributed by atoms with Crippen molar-refractivity contribution in [1.82, 2.24) is 4.98 Å². The molecule has 4 rings (SSSR count). The SMILES string of the molecule is c1ccc2[nH]ccc2c1.c1ccc2cscc2c1. The minimum atomic E-state index is 1.21. The molecule has 2 aromatic carbocycles. The summed E-state index contributed by atoms with van der Waals surface area (Å²) in [4.78, 5) is 3.12. The Labute approximate surface area is 110 Å². The highest BCUT2D eigenvalue weighted by Crippen LogP contribution is 2.17. The van der Waals surface area contributed by atoms with Crippen molar-refractivity contribution in [2.75, 3.05) is 0 Å². The van der Waals surface area contributed by atoms with Crippen LogP contribution in [-0.4, -0.2) is 4.98 Å². The van der Waals surface area contributed by atoms with Gasteiger partial charge in [-0.25, -0.2) is 0 Å². The van der Waals surface area contributed by atoms with E-state index in [1.807, 2.05) is 18.3 Å². The minimum absolute atomic E-state index is 1.21. The van der Waals surface area contributed by atoms with E-state index in [1.165, 1.54) is 21.7 Å². The smallest absolute Gasteiger partial charge is 0.0453 e. The Hall–Kier alpha value is -2.06. The maximum Gasteiger partial charge on any atom is 0.0453 e. The first-order chi connectivity index (χ1) is 8.93. The summed E-state index contributed by atoms with van der Waals surface area (Å²) < 4.78 is 0. The summed E-state index contributed by atoms with van der Waals surface area (Å²) in [5, 5.41) is 8.30. The maximum atomic E-state index is 3.12. The van der Waals surface area contributed by atoms with Crippen LogP contribution in [0.2, 0.25) is 0 Å². The molecule has 0 radical (unpaired) electrons. The molecule has 0 amide bonds. The average molecular weight is 251 g/mol. The molecular weight excluding hydrogens is 238 g/mol. The molecule has 0 atom stereocenters. The van der Waals surface area contributed by atoms with Gasteiger partial charge in [0.2, 0.25) is 0 Å². The Morgan fingerprint density at radius 2 is 1.28 bits per heavy atom. The number of nitrogens with one attached hydrogen (secondary N) is 1. The van der Waals surface area contributed by atoms with Crippen LogP contribution in [0, 0.1) is 0 Å². The van der Waals surface area contributed by atoms with Gasteiger partial charge in [0.25, 0.3) is 0 Å². The molecule has 0 aliphatic rings. The monoisotopic (exact) mass is 251 g/mol. The number of fused-ring (bicyclic) bond motifs is 2. The van der Waals surface area contributed by atoms with Crippen LogP contribution in [0.4, 0.5) is 0 Å². The second-order valence-corrected chi connectivity index (χ2v) is 4.81. The Kier molecular flexibility index (Phi) is 3.11. The number of rotatable bonds is 0. The van der Waals surface area contributed by atoms with Crippen LogP contribution in [-0.2, 0) is 0 Å². The summed E-state index contributed by atoms with van der Waals surface area (Å²) in [5.41, 5.74) is 1.21. The molecule has 18 heavy (non-hydrogen) atoms. The molecule has 0 aliphatic carbocycles. The van der Waals surface area contributed by atoms with Crippen molar-refractivity contribution in [3.8, 4) is 0 Å². The molecule has 0 saturated heterocycles. The van der Waals surface area contributed by atoms with E-state index in [9.17, 15) is 0 Å². The van der Waals surface area contributed by atoms with E-state index in [2.05, 4.69) is 58.2 Å². The second kappa shape index (κ2) is 5.07. The van der Waals surface area contributed by atoms with Crippen molar-refractivity contribution in [3.05, 3.63) is 71.6 Å². The maximum absolute atomic E-state index is 3.12. The molecule has 2 aromatic heterocycles. The lowest BCUT2D eigenvalue weighted by Gasteiger charge is -1.83. The number of para-hydroxylation sites is 1. The van der Waals surface area contributed by atoms with Crippen LogP contribution in [0.15, 0.2) is 71.6 Å². The molecule has 0 bridgehead atoms. The van der Waals surface area contributed by atoms with Gasteiger partial charge in [-0.15, -0.1) is 0 Å². The molecule has 0 fully saturated rings. The van der Waals surface area contributed by atoms with E-state index in [0.29, 0.717) is 0 Å². The highest BCUT2D eigenvalue weighted by Gasteiger charge is 1.88. The van der Waals surface area contributed by atoms with Gasteiger partial charge >= 0.3 is 0 Å².